The number of phenolic OH excluding ortho intramolecular Hbond substituents is 1. The number of hydrogen-bond donors (Lipinski definition) is 7. The Balaban J connectivity index is 1.12. The first-order valence-electron chi connectivity index (χ1n) is 24.2. The number of rotatable bonds is 36. The quantitative estimate of drug-likeness (QED) is 0.0145. The van der Waals surface area contributed by atoms with Crippen molar-refractivity contribution < 1.29 is 82.2 Å². The molecule has 74 heavy (non-hydrogen) atoms. The molecule has 1 aliphatic rings. The van der Waals surface area contributed by atoms with Crippen molar-refractivity contribution in [3.05, 3.63) is 93.9 Å². The summed E-state index contributed by atoms with van der Waals surface area (Å²) in [6.07, 6.45) is -6.74. The zero-order valence-electron chi connectivity index (χ0n) is 42.0. The normalized spacial score (nSPS) is 18.1. The first-order valence-corrected chi connectivity index (χ1v) is 25.3. The molecule has 7 N–H and O–H groups in total. The van der Waals surface area contributed by atoms with Crippen molar-refractivity contribution in [3.63, 3.8) is 0 Å². The molecular weight excluding hydrogens is 989 g/mol. The summed E-state index contributed by atoms with van der Waals surface area (Å²) < 4.78 is 50.1. The van der Waals surface area contributed by atoms with Crippen molar-refractivity contribution >= 4 is 35.5 Å². The number of nitrogens with one attached hydrogen (secondary N) is 3. The first-order chi connectivity index (χ1) is 35.8. The average Bonchev–Trinajstić information content (AvgIpc) is 3.39. The minimum Gasteiger partial charge on any atom is -0.508 e. The summed E-state index contributed by atoms with van der Waals surface area (Å²) in [7, 11) is 1.10. The summed E-state index contributed by atoms with van der Waals surface area (Å²) >= 11 is 1.51. The Morgan fingerprint density at radius 2 is 1.36 bits per heavy atom. The number of benzene rings is 3. The maximum atomic E-state index is 13.3. The number of esters is 1. The van der Waals surface area contributed by atoms with E-state index in [-0.39, 0.29) is 30.4 Å². The second kappa shape index (κ2) is 34.1. The van der Waals surface area contributed by atoms with Crippen LogP contribution in [0.15, 0.2) is 71.8 Å². The van der Waals surface area contributed by atoms with Crippen molar-refractivity contribution in [2.45, 2.75) is 62.9 Å². The van der Waals surface area contributed by atoms with E-state index in [1.54, 1.807) is 66.7 Å². The number of thioether (sulfide) groups is 1. The minimum absolute atomic E-state index is 0.0562. The number of azide groups is 1. The third-order valence-corrected chi connectivity index (χ3v) is 12.2. The highest BCUT2D eigenvalue weighted by Gasteiger charge is 2.56. The molecule has 1 fully saturated rings. The molecule has 24 heteroatoms. The van der Waals surface area contributed by atoms with Crippen LogP contribution >= 0.6 is 11.8 Å². The van der Waals surface area contributed by atoms with Crippen molar-refractivity contribution in [2.75, 3.05) is 118 Å². The summed E-state index contributed by atoms with van der Waals surface area (Å²) in [6.45, 7) is 7.42. The van der Waals surface area contributed by atoms with Gasteiger partial charge in [0.25, 0.3) is 17.6 Å². The lowest BCUT2D eigenvalue weighted by Gasteiger charge is -2.47. The Morgan fingerprint density at radius 3 is 1.96 bits per heavy atom. The van der Waals surface area contributed by atoms with Gasteiger partial charge in [0.1, 0.15) is 30.3 Å². The van der Waals surface area contributed by atoms with Crippen LogP contribution in [-0.4, -0.2) is 198 Å². The second-order valence-electron chi connectivity index (χ2n) is 16.6. The monoisotopic (exact) mass is 1060 g/mol. The van der Waals surface area contributed by atoms with Crippen LogP contribution in [0.3, 0.4) is 0 Å². The van der Waals surface area contributed by atoms with Gasteiger partial charge >= 0.3 is 5.97 Å². The van der Waals surface area contributed by atoms with Crippen molar-refractivity contribution in [1.29, 1.82) is 0 Å². The van der Waals surface area contributed by atoms with E-state index in [2.05, 4.69) is 26.0 Å². The van der Waals surface area contributed by atoms with Crippen LogP contribution in [-0.2, 0) is 47.5 Å². The molecule has 0 unspecified atom stereocenters. The van der Waals surface area contributed by atoms with E-state index < -0.39 is 67.0 Å². The van der Waals surface area contributed by atoms with Gasteiger partial charge in [-0.15, -0.1) is 0 Å². The van der Waals surface area contributed by atoms with Gasteiger partial charge in [-0.05, 0) is 77.7 Å². The number of aliphatic hydroxyl groups excluding tert-OH is 3. The maximum absolute atomic E-state index is 13.3. The molecule has 3 aromatic carbocycles. The highest BCUT2D eigenvalue weighted by atomic mass is 32.2. The highest BCUT2D eigenvalue weighted by Crippen LogP contribution is 2.34. The van der Waals surface area contributed by atoms with E-state index in [1.165, 1.54) is 18.7 Å². The molecule has 3 amide bonds. The number of aromatic hydroxyl groups is 1. The average molecular weight is 1060 g/mol. The van der Waals surface area contributed by atoms with Gasteiger partial charge in [0.2, 0.25) is 5.91 Å². The van der Waals surface area contributed by atoms with E-state index in [4.69, 9.17) is 48.2 Å². The number of nitrogens with zero attached hydrogens (tertiary/aromatic N) is 3. The van der Waals surface area contributed by atoms with E-state index in [0.717, 1.165) is 23.8 Å². The van der Waals surface area contributed by atoms with E-state index >= 15 is 0 Å². The third kappa shape index (κ3) is 21.3. The Morgan fingerprint density at radius 1 is 0.797 bits per heavy atom. The minimum atomic E-state index is -2.22. The van der Waals surface area contributed by atoms with Crippen LogP contribution in [0, 0.1) is 6.92 Å². The molecule has 4 rings (SSSR count). The lowest BCUT2D eigenvalue weighted by atomic mass is 9.88. The Bertz CT molecular complexity index is 2210. The molecular formula is C50H70N6O17S. The molecule has 408 valence electrons. The number of methoxy groups -OCH3 is 1. The molecule has 0 saturated carbocycles. The van der Waals surface area contributed by atoms with Gasteiger partial charge in [0, 0.05) is 54.8 Å². The Hall–Kier alpha value is -5.60. The van der Waals surface area contributed by atoms with Gasteiger partial charge < -0.3 is 79.0 Å². The fourth-order valence-electron chi connectivity index (χ4n) is 7.28. The summed E-state index contributed by atoms with van der Waals surface area (Å²) in [5.74, 6) is -2.89. The molecule has 23 nitrogen and oxygen atoms in total. The molecule has 0 aliphatic carbocycles. The number of carbonyl (C=O) groups excluding carboxylic acids is 4. The van der Waals surface area contributed by atoms with Gasteiger partial charge in [0.15, 0.2) is 0 Å². The van der Waals surface area contributed by atoms with Crippen LogP contribution in [0.4, 0.5) is 0 Å². The molecule has 0 bridgehead atoms. The van der Waals surface area contributed by atoms with Crippen LogP contribution < -0.4 is 20.7 Å². The highest BCUT2D eigenvalue weighted by molar-refractivity contribution is 7.99. The zero-order chi connectivity index (χ0) is 53.6. The fourth-order valence-corrected chi connectivity index (χ4v) is 8.05. The molecule has 1 heterocycles. The fraction of sp³-hybridized carbons (Fsp3) is 0.560. The van der Waals surface area contributed by atoms with Gasteiger partial charge in [0.05, 0.1) is 98.0 Å². The summed E-state index contributed by atoms with van der Waals surface area (Å²) in [6, 6.07) is 17.0. The Kier molecular flexibility index (Phi) is 28.1. The maximum Gasteiger partial charge on any atom is 0.366 e. The summed E-state index contributed by atoms with van der Waals surface area (Å²) in [5, 5.41) is 54.6. The SMILES string of the molecule is COC(=O)[C@@]1(OCCCSCCNC(=O)c2ccc(C)c(OCCOCCOCCOCCOCCOCCN=[N+]=[N-])c2)C[C@H](O)[C@@H](NC(C)=O)[C@H]([C@H](O)[C@H](O)CNC(=O)c2ccc(-c3ccc(O)cc3)cc2)O1. The second-order valence-corrected chi connectivity index (χ2v) is 17.9. The number of aliphatic hydroxyl groups is 3. The molecule has 3 aromatic rings. The summed E-state index contributed by atoms with van der Waals surface area (Å²) in [4.78, 5) is 54.1. The van der Waals surface area contributed by atoms with E-state index in [9.17, 15) is 39.6 Å². The molecule has 0 spiro atoms. The largest absolute Gasteiger partial charge is 0.508 e. The predicted molar refractivity (Wildman–Crippen MR) is 271 cm³/mol. The number of amides is 3. The van der Waals surface area contributed by atoms with Gasteiger partial charge in [-0.3, -0.25) is 14.4 Å². The number of phenols is 1. The smallest absolute Gasteiger partial charge is 0.366 e. The molecule has 1 saturated heterocycles. The molecule has 0 aromatic heterocycles. The number of ether oxygens (including phenoxy) is 9. The number of hydrogen-bond acceptors (Lipinski definition) is 19. The van der Waals surface area contributed by atoms with Gasteiger partial charge in [-0.1, -0.05) is 35.4 Å². The molecule has 1 aliphatic heterocycles. The Labute approximate surface area is 434 Å². The van der Waals surface area contributed by atoms with Crippen molar-refractivity contribution in [2.24, 2.45) is 5.11 Å². The first kappa shape index (κ1) is 61.0. The van der Waals surface area contributed by atoms with Crippen LogP contribution in [0.1, 0.15) is 46.0 Å². The number of aryl methyl sites for hydroxylation is 1. The van der Waals surface area contributed by atoms with Gasteiger partial charge in [-0.2, -0.15) is 11.8 Å². The molecule has 6 atom stereocenters. The lowest BCUT2D eigenvalue weighted by molar-refractivity contribution is -0.311. The third-order valence-electron chi connectivity index (χ3n) is 11.1. The molecule has 0 radical (unpaired) electrons. The van der Waals surface area contributed by atoms with Crippen LogP contribution in [0.25, 0.3) is 21.6 Å². The van der Waals surface area contributed by atoms with Crippen LogP contribution in [0.2, 0.25) is 0 Å². The zero-order valence-corrected chi connectivity index (χ0v) is 42.8. The van der Waals surface area contributed by atoms with Crippen molar-refractivity contribution in [3.8, 4) is 22.6 Å². The number of carbonyl (C=O) groups is 4. The van der Waals surface area contributed by atoms with Crippen molar-refractivity contribution in [1.82, 2.24) is 16.0 Å². The van der Waals surface area contributed by atoms with E-state index in [1.807, 2.05) is 6.92 Å². The van der Waals surface area contributed by atoms with E-state index in [0.29, 0.717) is 108 Å². The van der Waals surface area contributed by atoms with Gasteiger partial charge in [-0.25, -0.2) is 4.79 Å². The predicted octanol–water partition coefficient (Wildman–Crippen LogP) is 2.69. The lowest BCUT2D eigenvalue weighted by Crippen LogP contribution is -2.68. The standard InChI is InChI=1S/C50H70N6O17S/c1-34-5-6-39(31-43(34)71-28-27-70-26-25-69-24-23-68-22-21-67-20-19-66-18-15-54-56-51)48(63)52-16-30-74-29-4-17-72-50(49(64)65-3)32-41(59)44(55-35(2)57)46(73-50)45(61)42(60)33-53-47(62)38-9-7-36(8-10-38)37-11-13-40(58)14-12-37/h5-14,31,41-42,44-46,58-61H,4,15-30,32-33H2,1-3H3,(H,52,63)(H,53,62)(H,55,57)/t41-,42+,44+,45+,46+,50+/m0/s1. The van der Waals surface area contributed by atoms with Crippen LogP contribution in [0.5, 0.6) is 11.5 Å². The summed E-state index contributed by atoms with van der Waals surface area (Å²) in [5.41, 5.74) is 11.4. The topological polar surface area (TPSA) is 317 Å².